The minimum absolute atomic E-state index is 0.360. The largest absolute Gasteiger partial charge is 0.462 e. The van der Waals surface area contributed by atoms with Crippen LogP contribution < -0.4 is 5.32 Å². The first-order valence-corrected chi connectivity index (χ1v) is 4.47. The van der Waals surface area contributed by atoms with Crippen molar-refractivity contribution < 1.29 is 14.3 Å². The SMILES string of the molecule is COC(=O)C(=O)NCCc1nccn1C. The number of hydrogen-bond donors (Lipinski definition) is 1. The molecule has 0 bridgehead atoms. The lowest BCUT2D eigenvalue weighted by molar-refractivity contribution is -0.152. The molecule has 6 heteroatoms. The maximum atomic E-state index is 11.0. The second-order valence-corrected chi connectivity index (χ2v) is 2.95. The molecule has 1 heterocycles. The molecule has 1 aromatic rings. The molecule has 0 fully saturated rings. The summed E-state index contributed by atoms with van der Waals surface area (Å²) in [7, 11) is 3.03. The number of imidazole rings is 1. The van der Waals surface area contributed by atoms with Crippen molar-refractivity contribution in [2.45, 2.75) is 6.42 Å². The van der Waals surface area contributed by atoms with Gasteiger partial charge in [0.05, 0.1) is 7.11 Å². The van der Waals surface area contributed by atoms with Gasteiger partial charge in [-0.05, 0) is 0 Å². The molecular formula is C9H13N3O3. The molecule has 82 valence electrons. The van der Waals surface area contributed by atoms with E-state index in [4.69, 9.17) is 0 Å². The van der Waals surface area contributed by atoms with Crippen LogP contribution in [0.15, 0.2) is 12.4 Å². The summed E-state index contributed by atoms with van der Waals surface area (Å²) in [6, 6.07) is 0. The topological polar surface area (TPSA) is 73.2 Å². The zero-order valence-electron chi connectivity index (χ0n) is 8.69. The normalized spacial score (nSPS) is 9.73. The number of esters is 1. The van der Waals surface area contributed by atoms with Gasteiger partial charge in [0, 0.05) is 32.4 Å². The summed E-state index contributed by atoms with van der Waals surface area (Å²) in [5, 5.41) is 2.43. The van der Waals surface area contributed by atoms with Crippen LogP contribution in [0.4, 0.5) is 0 Å². The van der Waals surface area contributed by atoms with Crippen LogP contribution in [-0.4, -0.2) is 35.1 Å². The average Bonchev–Trinajstić information content (AvgIpc) is 2.63. The molecule has 1 rings (SSSR count). The fourth-order valence-electron chi connectivity index (χ4n) is 1.09. The third-order valence-electron chi connectivity index (χ3n) is 1.93. The number of methoxy groups -OCH3 is 1. The standard InChI is InChI=1S/C9H13N3O3/c1-12-6-5-10-7(12)3-4-11-8(13)9(14)15-2/h5-6H,3-4H2,1-2H3,(H,11,13). The molecule has 0 saturated heterocycles. The van der Waals surface area contributed by atoms with Gasteiger partial charge in [0.2, 0.25) is 0 Å². The summed E-state index contributed by atoms with van der Waals surface area (Å²) in [6.07, 6.45) is 4.07. The predicted octanol–water partition coefficient (Wildman–Crippen LogP) is -0.748. The third kappa shape index (κ3) is 3.08. The Balaban J connectivity index is 2.31. The summed E-state index contributed by atoms with van der Waals surface area (Å²) in [5.41, 5.74) is 0. The van der Waals surface area contributed by atoms with Crippen LogP contribution in [-0.2, 0) is 27.8 Å². The van der Waals surface area contributed by atoms with Gasteiger partial charge in [-0.1, -0.05) is 0 Å². The van der Waals surface area contributed by atoms with Crippen molar-refractivity contribution in [3.05, 3.63) is 18.2 Å². The summed E-state index contributed by atoms with van der Waals surface area (Å²) in [6.45, 7) is 0.360. The van der Waals surface area contributed by atoms with Crippen molar-refractivity contribution in [1.82, 2.24) is 14.9 Å². The van der Waals surface area contributed by atoms with Gasteiger partial charge in [0.1, 0.15) is 5.82 Å². The Morgan fingerprint density at radius 3 is 2.87 bits per heavy atom. The Labute approximate surface area is 87.2 Å². The summed E-state index contributed by atoms with van der Waals surface area (Å²) in [5.74, 6) is -0.762. The summed E-state index contributed by atoms with van der Waals surface area (Å²) in [4.78, 5) is 25.8. The van der Waals surface area contributed by atoms with Crippen molar-refractivity contribution >= 4 is 11.9 Å². The highest BCUT2D eigenvalue weighted by atomic mass is 16.5. The Kier molecular flexibility index (Phi) is 3.84. The molecule has 0 spiro atoms. The van der Waals surface area contributed by atoms with Gasteiger partial charge in [-0.2, -0.15) is 0 Å². The summed E-state index contributed by atoms with van der Waals surface area (Å²) < 4.78 is 6.10. The van der Waals surface area contributed by atoms with Crippen molar-refractivity contribution in [2.24, 2.45) is 7.05 Å². The second kappa shape index (κ2) is 5.14. The third-order valence-corrected chi connectivity index (χ3v) is 1.93. The number of hydrogen-bond acceptors (Lipinski definition) is 4. The molecule has 0 radical (unpaired) electrons. The van der Waals surface area contributed by atoms with Crippen LogP contribution in [0.1, 0.15) is 5.82 Å². The van der Waals surface area contributed by atoms with Crippen molar-refractivity contribution in [2.75, 3.05) is 13.7 Å². The van der Waals surface area contributed by atoms with Gasteiger partial charge >= 0.3 is 11.9 Å². The number of carbonyl (C=O) groups is 2. The first-order chi connectivity index (χ1) is 7.15. The van der Waals surface area contributed by atoms with Crippen LogP contribution >= 0.6 is 0 Å². The van der Waals surface area contributed by atoms with Crippen LogP contribution in [0.3, 0.4) is 0 Å². The van der Waals surface area contributed by atoms with E-state index in [9.17, 15) is 9.59 Å². The molecule has 0 atom stereocenters. The predicted molar refractivity (Wildman–Crippen MR) is 51.9 cm³/mol. The first-order valence-electron chi connectivity index (χ1n) is 4.47. The number of aryl methyl sites for hydroxylation is 1. The zero-order chi connectivity index (χ0) is 11.3. The number of ether oxygens (including phenoxy) is 1. The van der Waals surface area contributed by atoms with E-state index in [-0.39, 0.29) is 0 Å². The Morgan fingerprint density at radius 2 is 2.33 bits per heavy atom. The van der Waals surface area contributed by atoms with E-state index < -0.39 is 11.9 Å². The van der Waals surface area contributed by atoms with Gasteiger partial charge in [-0.15, -0.1) is 0 Å². The van der Waals surface area contributed by atoms with Gasteiger partial charge in [-0.3, -0.25) is 4.79 Å². The maximum absolute atomic E-state index is 11.0. The number of amides is 1. The molecular weight excluding hydrogens is 198 g/mol. The van der Waals surface area contributed by atoms with Crippen LogP contribution in [0.2, 0.25) is 0 Å². The first kappa shape index (κ1) is 11.2. The smallest absolute Gasteiger partial charge is 0.396 e. The van der Waals surface area contributed by atoms with Crippen molar-refractivity contribution in [3.8, 4) is 0 Å². The number of nitrogens with zero attached hydrogens (tertiary/aromatic N) is 2. The Hall–Kier alpha value is -1.85. The molecule has 1 aromatic heterocycles. The number of aromatic nitrogens is 2. The van der Waals surface area contributed by atoms with Gasteiger partial charge in [0.15, 0.2) is 0 Å². The van der Waals surface area contributed by atoms with Crippen molar-refractivity contribution in [3.63, 3.8) is 0 Å². The lowest BCUT2D eigenvalue weighted by Crippen LogP contribution is -2.33. The molecule has 0 aliphatic carbocycles. The Morgan fingerprint density at radius 1 is 1.60 bits per heavy atom. The van der Waals surface area contributed by atoms with Crippen LogP contribution in [0.5, 0.6) is 0 Å². The Bertz CT molecular complexity index is 359. The van der Waals surface area contributed by atoms with E-state index in [0.29, 0.717) is 13.0 Å². The van der Waals surface area contributed by atoms with Gasteiger partial charge in [-0.25, -0.2) is 9.78 Å². The summed E-state index contributed by atoms with van der Waals surface area (Å²) >= 11 is 0. The van der Waals surface area contributed by atoms with Gasteiger partial charge < -0.3 is 14.6 Å². The highest BCUT2D eigenvalue weighted by Crippen LogP contribution is 1.93. The van der Waals surface area contributed by atoms with E-state index in [1.54, 1.807) is 6.20 Å². The van der Waals surface area contributed by atoms with Crippen molar-refractivity contribution in [1.29, 1.82) is 0 Å². The van der Waals surface area contributed by atoms with Crippen LogP contribution in [0.25, 0.3) is 0 Å². The zero-order valence-corrected chi connectivity index (χ0v) is 8.69. The molecule has 6 nitrogen and oxygen atoms in total. The van der Waals surface area contributed by atoms with Gasteiger partial charge in [0.25, 0.3) is 0 Å². The lowest BCUT2D eigenvalue weighted by atomic mass is 10.4. The van der Waals surface area contributed by atoms with E-state index in [1.807, 2.05) is 17.8 Å². The van der Waals surface area contributed by atoms with E-state index in [0.717, 1.165) is 5.82 Å². The van der Waals surface area contributed by atoms with E-state index in [2.05, 4.69) is 15.0 Å². The fourth-order valence-corrected chi connectivity index (χ4v) is 1.09. The second-order valence-electron chi connectivity index (χ2n) is 2.95. The monoisotopic (exact) mass is 211 g/mol. The molecule has 0 aliphatic heterocycles. The molecule has 0 saturated carbocycles. The number of nitrogens with one attached hydrogen (secondary N) is 1. The average molecular weight is 211 g/mol. The molecule has 0 aliphatic rings. The molecule has 0 aromatic carbocycles. The minimum Gasteiger partial charge on any atom is -0.462 e. The fraction of sp³-hybridized carbons (Fsp3) is 0.444. The number of carbonyl (C=O) groups excluding carboxylic acids is 2. The maximum Gasteiger partial charge on any atom is 0.396 e. The molecule has 1 amide bonds. The lowest BCUT2D eigenvalue weighted by Gasteiger charge is -2.03. The molecule has 15 heavy (non-hydrogen) atoms. The highest BCUT2D eigenvalue weighted by Gasteiger charge is 2.12. The van der Waals surface area contributed by atoms with Crippen LogP contribution in [0, 0.1) is 0 Å². The minimum atomic E-state index is -0.880. The highest BCUT2D eigenvalue weighted by molar-refractivity contribution is 6.32. The van der Waals surface area contributed by atoms with E-state index in [1.165, 1.54) is 7.11 Å². The molecule has 1 N–H and O–H groups in total. The van der Waals surface area contributed by atoms with E-state index >= 15 is 0 Å². The quantitative estimate of drug-likeness (QED) is 0.527. The number of rotatable bonds is 3. The molecule has 0 unspecified atom stereocenters.